The summed E-state index contributed by atoms with van der Waals surface area (Å²) in [7, 11) is -7.20. The molecule has 0 fully saturated rings. The number of rotatable bonds is 6. The molecular formula is C22H22N6O4S2. The van der Waals surface area contributed by atoms with Gasteiger partial charge in [0.15, 0.2) is 0 Å². The molecular weight excluding hydrogens is 476 g/mol. The number of nitrogens with zero attached hydrogens (tertiary/aromatic N) is 2. The lowest BCUT2D eigenvalue weighted by Crippen LogP contribution is -2.13. The molecule has 0 unspecified atom stereocenters. The predicted molar refractivity (Wildman–Crippen MR) is 132 cm³/mol. The lowest BCUT2D eigenvalue weighted by molar-refractivity contribution is 0.599. The highest BCUT2D eigenvalue weighted by Gasteiger charge is 2.14. The van der Waals surface area contributed by atoms with E-state index in [-0.39, 0.29) is 21.4 Å². The van der Waals surface area contributed by atoms with E-state index in [1.165, 1.54) is 60.9 Å². The Kier molecular flexibility index (Phi) is 7.66. The number of aromatic nitrogens is 2. The first-order valence-corrected chi connectivity index (χ1v) is 12.7. The van der Waals surface area contributed by atoms with Gasteiger partial charge >= 0.3 is 0 Å². The first-order valence-electron chi connectivity index (χ1n) is 9.74. The molecule has 0 amide bonds. The fourth-order valence-electron chi connectivity index (χ4n) is 2.53. The predicted octanol–water partition coefficient (Wildman–Crippen LogP) is 2.93. The van der Waals surface area contributed by atoms with Crippen LogP contribution in [-0.4, -0.2) is 26.8 Å². The van der Waals surface area contributed by atoms with Crippen molar-refractivity contribution in [1.29, 1.82) is 0 Å². The average Bonchev–Trinajstić information content (AvgIpc) is 2.81. The number of hydrogen-bond acceptors (Lipinski definition) is 8. The summed E-state index contributed by atoms with van der Waals surface area (Å²) >= 11 is 0. The van der Waals surface area contributed by atoms with Crippen molar-refractivity contribution in [2.75, 3.05) is 20.9 Å². The quantitative estimate of drug-likeness (QED) is 0.294. The van der Waals surface area contributed by atoms with Crippen LogP contribution in [0, 0.1) is 0 Å². The molecule has 0 saturated carbocycles. The number of nitrogen functional groups attached to an aromatic ring is 2. The second-order valence-electron chi connectivity index (χ2n) is 6.78. The van der Waals surface area contributed by atoms with Gasteiger partial charge in [0.25, 0.3) is 20.0 Å². The maximum Gasteiger partial charge on any atom is 0.263 e. The maximum atomic E-state index is 11.9. The largest absolute Gasteiger partial charge is 0.399 e. The smallest absolute Gasteiger partial charge is 0.263 e. The van der Waals surface area contributed by atoms with Crippen LogP contribution < -0.4 is 20.9 Å². The fourth-order valence-corrected chi connectivity index (χ4v) is 4.55. The Hall–Kier alpha value is -4.16. The van der Waals surface area contributed by atoms with E-state index in [1.54, 1.807) is 36.4 Å². The standard InChI is InChI=1S/2C11H11N3O2S/c2*12-9-4-6-10(7-5-9)17(15,16)14-11-3-1-2-8-13-11/h2*1-8H,12H2,(H,13,14). The van der Waals surface area contributed by atoms with Crippen molar-refractivity contribution >= 4 is 43.1 Å². The highest BCUT2D eigenvalue weighted by Crippen LogP contribution is 2.16. The van der Waals surface area contributed by atoms with E-state index < -0.39 is 20.0 Å². The molecule has 0 spiro atoms. The first-order chi connectivity index (χ1) is 16.2. The fraction of sp³-hybridized carbons (Fsp3) is 0. The van der Waals surface area contributed by atoms with Gasteiger partial charge < -0.3 is 11.5 Å². The van der Waals surface area contributed by atoms with Crippen LogP contribution >= 0.6 is 0 Å². The van der Waals surface area contributed by atoms with Crippen LogP contribution in [0.2, 0.25) is 0 Å². The number of anilines is 4. The van der Waals surface area contributed by atoms with Gasteiger partial charge in [-0.2, -0.15) is 0 Å². The first kappa shape index (κ1) is 24.5. The third kappa shape index (κ3) is 6.92. The van der Waals surface area contributed by atoms with E-state index in [2.05, 4.69) is 19.4 Å². The molecule has 176 valence electrons. The van der Waals surface area contributed by atoms with E-state index in [9.17, 15) is 16.8 Å². The third-order valence-corrected chi connectivity index (χ3v) is 6.93. The van der Waals surface area contributed by atoms with E-state index in [4.69, 9.17) is 11.5 Å². The van der Waals surface area contributed by atoms with Gasteiger partial charge in [0.1, 0.15) is 11.6 Å². The molecule has 0 radical (unpaired) electrons. The molecule has 0 saturated heterocycles. The Morgan fingerprint density at radius 1 is 0.529 bits per heavy atom. The van der Waals surface area contributed by atoms with Crippen molar-refractivity contribution in [3.8, 4) is 0 Å². The molecule has 4 aromatic rings. The lowest BCUT2D eigenvalue weighted by atomic mass is 10.3. The minimum absolute atomic E-state index is 0.150. The molecule has 4 rings (SSSR count). The number of benzene rings is 2. The van der Waals surface area contributed by atoms with Crippen molar-refractivity contribution < 1.29 is 16.8 Å². The number of hydrogen-bond donors (Lipinski definition) is 4. The molecule has 0 aliphatic carbocycles. The Balaban J connectivity index is 0.000000191. The van der Waals surface area contributed by atoms with Crippen LogP contribution in [0.1, 0.15) is 0 Å². The van der Waals surface area contributed by atoms with Crippen LogP contribution in [0.15, 0.2) is 107 Å². The lowest BCUT2D eigenvalue weighted by Gasteiger charge is -2.06. The van der Waals surface area contributed by atoms with Crippen LogP contribution in [0.3, 0.4) is 0 Å². The van der Waals surface area contributed by atoms with Crippen molar-refractivity contribution in [2.45, 2.75) is 9.79 Å². The van der Waals surface area contributed by atoms with E-state index in [0.29, 0.717) is 11.4 Å². The molecule has 34 heavy (non-hydrogen) atoms. The van der Waals surface area contributed by atoms with Crippen molar-refractivity contribution in [2.24, 2.45) is 0 Å². The van der Waals surface area contributed by atoms with Gasteiger partial charge in [-0.3, -0.25) is 9.44 Å². The Morgan fingerprint density at radius 2 is 0.882 bits per heavy atom. The summed E-state index contributed by atoms with van der Waals surface area (Å²) in [4.78, 5) is 8.08. The normalized spacial score (nSPS) is 11.1. The van der Waals surface area contributed by atoms with Crippen LogP contribution in [-0.2, 0) is 20.0 Å². The van der Waals surface area contributed by atoms with Crippen molar-refractivity contribution in [3.05, 3.63) is 97.3 Å². The van der Waals surface area contributed by atoms with Crippen LogP contribution in [0.5, 0.6) is 0 Å². The summed E-state index contributed by atoms with van der Waals surface area (Å²) < 4.78 is 52.4. The number of sulfonamides is 2. The summed E-state index contributed by atoms with van der Waals surface area (Å²) in [6.07, 6.45) is 3.03. The van der Waals surface area contributed by atoms with E-state index in [0.717, 1.165) is 0 Å². The molecule has 2 aromatic heterocycles. The van der Waals surface area contributed by atoms with E-state index in [1.807, 2.05) is 0 Å². The zero-order valence-electron chi connectivity index (χ0n) is 17.7. The Morgan fingerprint density at radius 3 is 1.18 bits per heavy atom. The molecule has 0 aliphatic rings. The summed E-state index contributed by atoms with van der Waals surface area (Å²) in [5.74, 6) is 0.564. The molecule has 6 N–H and O–H groups in total. The van der Waals surface area contributed by atoms with Gasteiger partial charge in [-0.05, 0) is 72.8 Å². The molecule has 0 atom stereocenters. The van der Waals surface area contributed by atoms with Gasteiger partial charge in [0, 0.05) is 23.8 Å². The SMILES string of the molecule is Nc1ccc(S(=O)(=O)Nc2ccccn2)cc1.Nc1ccc(S(=O)(=O)Nc2ccccn2)cc1. The summed E-state index contributed by atoms with van der Waals surface area (Å²) in [6, 6.07) is 21.9. The monoisotopic (exact) mass is 498 g/mol. The van der Waals surface area contributed by atoms with Crippen molar-refractivity contribution in [1.82, 2.24) is 9.97 Å². The average molecular weight is 499 g/mol. The number of nitrogens with two attached hydrogens (primary N) is 2. The summed E-state index contributed by atoms with van der Waals surface area (Å²) in [5, 5.41) is 0. The van der Waals surface area contributed by atoms with Crippen LogP contribution in [0.25, 0.3) is 0 Å². The minimum Gasteiger partial charge on any atom is -0.399 e. The summed E-state index contributed by atoms with van der Waals surface area (Å²) in [6.45, 7) is 0. The number of nitrogens with one attached hydrogen (secondary N) is 2. The molecule has 2 aromatic carbocycles. The second kappa shape index (κ2) is 10.6. The second-order valence-corrected chi connectivity index (χ2v) is 10.1. The summed E-state index contributed by atoms with van der Waals surface area (Å²) in [5.41, 5.74) is 12.0. The van der Waals surface area contributed by atoms with Gasteiger partial charge in [0.2, 0.25) is 0 Å². The van der Waals surface area contributed by atoms with Crippen LogP contribution in [0.4, 0.5) is 23.0 Å². The maximum absolute atomic E-state index is 11.9. The Labute approximate surface area is 197 Å². The molecule has 0 bridgehead atoms. The topological polar surface area (TPSA) is 170 Å². The molecule has 2 heterocycles. The van der Waals surface area contributed by atoms with Crippen molar-refractivity contribution in [3.63, 3.8) is 0 Å². The van der Waals surface area contributed by atoms with Gasteiger partial charge in [0.05, 0.1) is 9.79 Å². The molecule has 12 heteroatoms. The van der Waals surface area contributed by atoms with E-state index >= 15 is 0 Å². The molecule has 0 aliphatic heterocycles. The minimum atomic E-state index is -3.60. The molecule has 10 nitrogen and oxygen atoms in total. The Bertz CT molecular complexity index is 1300. The highest BCUT2D eigenvalue weighted by atomic mass is 32.2. The van der Waals surface area contributed by atoms with Gasteiger partial charge in [-0.15, -0.1) is 0 Å². The third-order valence-electron chi connectivity index (χ3n) is 4.19. The highest BCUT2D eigenvalue weighted by molar-refractivity contribution is 7.93. The van der Waals surface area contributed by atoms with Gasteiger partial charge in [-0.1, -0.05) is 12.1 Å². The number of pyridine rings is 2. The zero-order valence-corrected chi connectivity index (χ0v) is 19.4. The zero-order chi connectivity index (χ0) is 24.6. The van der Waals surface area contributed by atoms with Gasteiger partial charge in [-0.25, -0.2) is 26.8 Å².